The number of anilines is 1. The third-order valence-electron chi connectivity index (χ3n) is 5.12. The van der Waals surface area contributed by atoms with E-state index in [1.54, 1.807) is 6.07 Å². The van der Waals surface area contributed by atoms with E-state index in [2.05, 4.69) is 21.2 Å². The molecule has 7 nitrogen and oxygen atoms in total. The van der Waals surface area contributed by atoms with Gasteiger partial charge in [0.2, 0.25) is 5.91 Å². The molecule has 0 unspecified atom stereocenters. The zero-order valence-corrected chi connectivity index (χ0v) is 17.2. The molecule has 0 bridgehead atoms. The summed E-state index contributed by atoms with van der Waals surface area (Å²) in [4.78, 5) is 27.4. The molecule has 1 N–H and O–H groups in total. The minimum Gasteiger partial charge on any atom is -0.326 e. The highest BCUT2D eigenvalue weighted by Gasteiger charge is 2.18. The summed E-state index contributed by atoms with van der Waals surface area (Å²) in [6.45, 7) is 7.06. The van der Waals surface area contributed by atoms with E-state index in [0.29, 0.717) is 18.7 Å². The Balaban J connectivity index is 1.43. The van der Waals surface area contributed by atoms with E-state index in [0.717, 1.165) is 43.3 Å². The zero-order chi connectivity index (χ0) is 20.8. The number of hydrogen-bond acceptors (Lipinski definition) is 5. The first-order valence-electron chi connectivity index (χ1n) is 9.65. The van der Waals surface area contributed by atoms with Crippen LogP contribution in [0.1, 0.15) is 17.5 Å². The second-order valence-electron chi connectivity index (χ2n) is 7.30. The Kier molecular flexibility index (Phi) is 7.19. The predicted molar refractivity (Wildman–Crippen MR) is 114 cm³/mol. The Morgan fingerprint density at radius 3 is 2.55 bits per heavy atom. The van der Waals surface area contributed by atoms with Gasteiger partial charge in [0.05, 0.1) is 10.6 Å². The first kappa shape index (κ1) is 21.2. The van der Waals surface area contributed by atoms with E-state index in [9.17, 15) is 14.9 Å². The molecule has 0 aromatic heterocycles. The molecule has 0 aliphatic carbocycles. The molecule has 154 valence electrons. The van der Waals surface area contributed by atoms with Crippen molar-refractivity contribution in [1.29, 1.82) is 0 Å². The van der Waals surface area contributed by atoms with Crippen molar-refractivity contribution in [2.75, 3.05) is 38.0 Å². The van der Waals surface area contributed by atoms with Crippen molar-refractivity contribution in [3.05, 3.63) is 68.7 Å². The van der Waals surface area contributed by atoms with Crippen LogP contribution in [0.4, 0.5) is 11.4 Å². The van der Waals surface area contributed by atoms with Crippen molar-refractivity contribution in [1.82, 2.24) is 9.80 Å². The maximum atomic E-state index is 12.3. The SMILES string of the molecule is Cc1ccc([N+](=O)[O-])cc1NC(=O)CCN1CCN(Cc2cccc(Cl)c2)CC1. The van der Waals surface area contributed by atoms with Crippen molar-refractivity contribution >= 4 is 28.9 Å². The second kappa shape index (κ2) is 9.82. The molecule has 0 saturated carbocycles. The summed E-state index contributed by atoms with van der Waals surface area (Å²) < 4.78 is 0. The van der Waals surface area contributed by atoms with Crippen molar-refractivity contribution < 1.29 is 9.72 Å². The molecule has 0 radical (unpaired) electrons. The molecule has 1 fully saturated rings. The van der Waals surface area contributed by atoms with Crippen LogP contribution < -0.4 is 5.32 Å². The molecule has 8 heteroatoms. The Morgan fingerprint density at radius 1 is 1.14 bits per heavy atom. The van der Waals surface area contributed by atoms with Gasteiger partial charge in [0.15, 0.2) is 0 Å². The lowest BCUT2D eigenvalue weighted by atomic mass is 10.1. The van der Waals surface area contributed by atoms with E-state index in [4.69, 9.17) is 11.6 Å². The van der Waals surface area contributed by atoms with Crippen molar-refractivity contribution in [3.63, 3.8) is 0 Å². The maximum Gasteiger partial charge on any atom is 0.271 e. The number of benzene rings is 2. The van der Waals surface area contributed by atoms with E-state index >= 15 is 0 Å². The van der Waals surface area contributed by atoms with Gasteiger partial charge in [0.1, 0.15) is 0 Å². The van der Waals surface area contributed by atoms with E-state index in [-0.39, 0.29) is 11.6 Å². The molecule has 1 heterocycles. The zero-order valence-electron chi connectivity index (χ0n) is 16.4. The summed E-state index contributed by atoms with van der Waals surface area (Å²) >= 11 is 6.05. The Hall–Kier alpha value is -2.48. The fourth-order valence-corrected chi connectivity index (χ4v) is 3.61. The lowest BCUT2D eigenvalue weighted by Crippen LogP contribution is -2.46. The molecule has 2 aromatic rings. The monoisotopic (exact) mass is 416 g/mol. The lowest BCUT2D eigenvalue weighted by molar-refractivity contribution is -0.384. The number of carbonyl (C=O) groups is 1. The molecular weight excluding hydrogens is 392 g/mol. The van der Waals surface area contributed by atoms with Gasteiger partial charge < -0.3 is 10.2 Å². The van der Waals surface area contributed by atoms with Gasteiger partial charge in [-0.15, -0.1) is 0 Å². The van der Waals surface area contributed by atoms with Gasteiger partial charge in [0.25, 0.3) is 5.69 Å². The smallest absolute Gasteiger partial charge is 0.271 e. The topological polar surface area (TPSA) is 78.7 Å². The van der Waals surface area contributed by atoms with E-state index in [1.807, 2.05) is 25.1 Å². The molecule has 3 rings (SSSR count). The Bertz CT molecular complexity index is 882. The summed E-state index contributed by atoms with van der Waals surface area (Å²) in [6.07, 6.45) is 0.358. The first-order chi connectivity index (χ1) is 13.9. The van der Waals surface area contributed by atoms with Crippen LogP contribution in [-0.4, -0.2) is 53.4 Å². The first-order valence-corrected chi connectivity index (χ1v) is 10.0. The number of rotatable bonds is 7. The standard InChI is InChI=1S/C21H25ClN4O3/c1-16-5-6-19(26(28)29)14-20(16)23-21(27)7-8-24-9-11-25(12-10-24)15-17-3-2-4-18(22)13-17/h2-6,13-14H,7-12,15H2,1H3,(H,23,27). The molecule has 1 amide bonds. The molecule has 1 aliphatic rings. The number of carbonyl (C=O) groups excluding carboxylic acids is 1. The van der Waals surface area contributed by atoms with Gasteiger partial charge >= 0.3 is 0 Å². The van der Waals surface area contributed by atoms with Gasteiger partial charge in [-0.25, -0.2) is 0 Å². The van der Waals surface area contributed by atoms with Gasteiger partial charge in [0, 0.05) is 62.8 Å². The number of nitrogens with zero attached hydrogens (tertiary/aromatic N) is 3. The summed E-state index contributed by atoms with van der Waals surface area (Å²) in [7, 11) is 0. The number of aryl methyl sites for hydroxylation is 1. The van der Waals surface area contributed by atoms with Crippen LogP contribution in [-0.2, 0) is 11.3 Å². The highest BCUT2D eigenvalue weighted by Crippen LogP contribution is 2.22. The van der Waals surface area contributed by atoms with Crippen LogP contribution in [0, 0.1) is 17.0 Å². The van der Waals surface area contributed by atoms with Crippen LogP contribution in [0.5, 0.6) is 0 Å². The molecule has 1 saturated heterocycles. The Labute approximate surface area is 175 Å². The van der Waals surface area contributed by atoms with Crippen LogP contribution in [0.15, 0.2) is 42.5 Å². The van der Waals surface area contributed by atoms with Crippen LogP contribution >= 0.6 is 11.6 Å². The quantitative estimate of drug-likeness (QED) is 0.550. The number of hydrogen-bond donors (Lipinski definition) is 1. The third-order valence-corrected chi connectivity index (χ3v) is 5.36. The van der Waals surface area contributed by atoms with Gasteiger partial charge in [-0.05, 0) is 30.2 Å². The lowest BCUT2D eigenvalue weighted by Gasteiger charge is -2.34. The predicted octanol–water partition coefficient (Wildman–Crippen LogP) is 3.70. The molecule has 0 atom stereocenters. The number of non-ortho nitro benzene ring substituents is 1. The minimum atomic E-state index is -0.460. The fourth-order valence-electron chi connectivity index (χ4n) is 3.40. The van der Waals surface area contributed by atoms with Crippen LogP contribution in [0.2, 0.25) is 5.02 Å². The normalized spacial score (nSPS) is 15.2. The molecular formula is C21H25ClN4O3. The summed E-state index contributed by atoms with van der Waals surface area (Å²) in [6, 6.07) is 12.4. The molecule has 1 aliphatic heterocycles. The largest absolute Gasteiger partial charge is 0.326 e. The fraction of sp³-hybridized carbons (Fsp3) is 0.381. The average Bonchev–Trinajstić information content (AvgIpc) is 2.69. The number of piperazine rings is 1. The maximum absolute atomic E-state index is 12.3. The molecule has 0 spiro atoms. The van der Waals surface area contributed by atoms with Gasteiger partial charge in [-0.2, -0.15) is 0 Å². The number of amides is 1. The number of nitro benzene ring substituents is 1. The number of nitrogens with one attached hydrogen (secondary N) is 1. The van der Waals surface area contributed by atoms with E-state index < -0.39 is 4.92 Å². The van der Waals surface area contributed by atoms with Crippen molar-refractivity contribution in [3.8, 4) is 0 Å². The van der Waals surface area contributed by atoms with Crippen LogP contribution in [0.25, 0.3) is 0 Å². The minimum absolute atomic E-state index is 0.0262. The van der Waals surface area contributed by atoms with Crippen molar-refractivity contribution in [2.45, 2.75) is 19.9 Å². The Morgan fingerprint density at radius 2 is 1.86 bits per heavy atom. The number of halogens is 1. The van der Waals surface area contributed by atoms with Gasteiger partial charge in [-0.1, -0.05) is 29.8 Å². The summed E-state index contributed by atoms with van der Waals surface area (Å²) in [5.41, 5.74) is 2.48. The summed E-state index contributed by atoms with van der Waals surface area (Å²) in [5, 5.41) is 14.5. The van der Waals surface area contributed by atoms with Crippen molar-refractivity contribution in [2.24, 2.45) is 0 Å². The second-order valence-corrected chi connectivity index (χ2v) is 7.74. The molecule has 2 aromatic carbocycles. The summed E-state index contributed by atoms with van der Waals surface area (Å²) in [5.74, 6) is -0.130. The third kappa shape index (κ3) is 6.25. The van der Waals surface area contributed by atoms with Gasteiger partial charge in [-0.3, -0.25) is 19.8 Å². The molecule has 29 heavy (non-hydrogen) atoms. The number of nitro groups is 1. The van der Waals surface area contributed by atoms with Crippen LogP contribution in [0.3, 0.4) is 0 Å². The highest BCUT2D eigenvalue weighted by atomic mass is 35.5. The average molecular weight is 417 g/mol. The highest BCUT2D eigenvalue weighted by molar-refractivity contribution is 6.30. The van der Waals surface area contributed by atoms with E-state index in [1.165, 1.54) is 17.7 Å².